The van der Waals surface area contributed by atoms with Gasteiger partial charge in [-0.25, -0.2) is 0 Å². The molecule has 0 aliphatic rings. The zero-order valence-electron chi connectivity index (χ0n) is 8.97. The van der Waals surface area contributed by atoms with Gasteiger partial charge in [0.25, 0.3) is 0 Å². The van der Waals surface area contributed by atoms with Crippen molar-refractivity contribution in [3.8, 4) is 0 Å². The van der Waals surface area contributed by atoms with Gasteiger partial charge in [-0.3, -0.25) is 0 Å². The Morgan fingerprint density at radius 1 is 0.611 bits per heavy atom. The van der Waals surface area contributed by atoms with Gasteiger partial charge in [0.05, 0.1) is 0 Å². The van der Waals surface area contributed by atoms with Gasteiger partial charge in [0, 0.05) is 16.8 Å². The summed E-state index contributed by atoms with van der Waals surface area (Å²) in [6.07, 6.45) is 0. The second kappa shape index (κ2) is 78.9. The molecule has 0 bridgehead atoms. The van der Waals surface area contributed by atoms with Gasteiger partial charge in [0.2, 0.25) is 0 Å². The summed E-state index contributed by atoms with van der Waals surface area (Å²) < 4.78 is 37.5. The van der Waals surface area contributed by atoms with Crippen LogP contribution in [0.3, 0.4) is 0 Å². The minimum atomic E-state index is 0. The first-order chi connectivity index (χ1) is 8.39. The van der Waals surface area contributed by atoms with Crippen molar-refractivity contribution in [3.05, 3.63) is 76.1 Å². The largest absolute Gasteiger partial charge is 0.199 e. The molecule has 95 valence electrons. The van der Waals surface area contributed by atoms with Crippen LogP contribution in [0.4, 0.5) is 0 Å². The van der Waals surface area contributed by atoms with Crippen molar-refractivity contribution >= 4 is 0 Å². The number of hydrogen-bond acceptors (Lipinski definition) is 0. The van der Waals surface area contributed by atoms with Crippen molar-refractivity contribution in [1.29, 1.82) is 0 Å². The van der Waals surface area contributed by atoms with Crippen LogP contribution in [-0.4, -0.2) is 0 Å². The molecule has 0 saturated carbocycles. The molecule has 0 heterocycles. The summed E-state index contributed by atoms with van der Waals surface area (Å²) in [4.78, 5) is 0. The van der Waals surface area contributed by atoms with E-state index >= 15 is 0 Å². The Labute approximate surface area is 116 Å². The van der Waals surface area contributed by atoms with E-state index in [0.29, 0.717) is 0 Å². The molecule has 0 fully saturated rings. The Morgan fingerprint density at radius 2 is 0.833 bits per heavy atom. The van der Waals surface area contributed by atoms with Crippen LogP contribution in [0.15, 0.2) is 30.3 Å². The van der Waals surface area contributed by atoms with E-state index in [-0.39, 0.29) is 16.8 Å². The molecule has 6 heteroatoms. The molecule has 0 spiro atoms. The van der Waals surface area contributed by atoms with Gasteiger partial charge in [-0.05, 0) is 0 Å². The second-order valence-electron chi connectivity index (χ2n) is 1.49. The van der Waals surface area contributed by atoms with E-state index in [4.69, 9.17) is 23.3 Å². The Hall–Kier alpha value is -1.70. The maximum Gasteiger partial charge on any atom is 0 e. The first-order valence-electron chi connectivity index (χ1n) is 3.28. The third kappa shape index (κ3) is 63.8. The number of hydrogen-bond donors (Lipinski definition) is 0. The van der Waals surface area contributed by atoms with E-state index in [1.54, 1.807) is 0 Å². The smallest absolute Gasteiger partial charge is 0 e. The van der Waals surface area contributed by atoms with Crippen LogP contribution in [0, 0.1) is 40.2 Å². The molecule has 0 aliphatic carbocycles. The minimum absolute atomic E-state index is 0. The Morgan fingerprint density at radius 3 is 0.944 bits per heavy atom. The fraction of sp³-hybridized carbons (Fsp3) is 0. The van der Waals surface area contributed by atoms with Gasteiger partial charge < -0.3 is 0 Å². The van der Waals surface area contributed by atoms with Gasteiger partial charge in [-0.1, -0.05) is 6.07 Å². The van der Waals surface area contributed by atoms with E-state index in [0.717, 1.165) is 5.56 Å². The first kappa shape index (κ1) is 36.0. The van der Waals surface area contributed by atoms with E-state index in [1.807, 2.05) is 30.3 Å². The van der Waals surface area contributed by atoms with Crippen LogP contribution in [-0.2, 0) is 40.0 Å². The van der Waals surface area contributed by atoms with Crippen molar-refractivity contribution in [1.82, 2.24) is 0 Å². The average molecular weight is 290 g/mol. The van der Waals surface area contributed by atoms with Crippen molar-refractivity contribution in [2.45, 2.75) is 0 Å². The third-order valence-electron chi connectivity index (χ3n) is 0.843. The van der Waals surface area contributed by atoms with E-state index in [1.165, 1.54) is 0 Å². The van der Waals surface area contributed by atoms with Gasteiger partial charge >= 0.3 is 56.5 Å². The summed E-state index contributed by atoms with van der Waals surface area (Å²) in [5.74, 6) is 0. The summed E-state index contributed by atoms with van der Waals surface area (Å²) in [6, 6.07) is 9.87. The summed E-state index contributed by atoms with van der Waals surface area (Å²) >= 11 is 0. The quantitative estimate of drug-likeness (QED) is 0.513. The summed E-state index contributed by atoms with van der Waals surface area (Å²) in [5.41, 5.74) is 1.07. The van der Waals surface area contributed by atoms with Crippen LogP contribution in [0.1, 0.15) is 5.56 Å². The molecular weight excluding hydrogens is 283 g/mol. The van der Waals surface area contributed by atoms with E-state index in [9.17, 15) is 0 Å². The van der Waals surface area contributed by atoms with Crippen LogP contribution >= 0.6 is 0 Å². The molecule has 0 aromatic heterocycles. The van der Waals surface area contributed by atoms with Crippen LogP contribution in [0.25, 0.3) is 0 Å². The van der Waals surface area contributed by atoms with E-state index in [2.05, 4.69) is 40.2 Å². The second-order valence-corrected chi connectivity index (χ2v) is 1.49. The molecule has 18 heavy (non-hydrogen) atoms. The Kier molecular flexibility index (Phi) is 158. The zero-order chi connectivity index (χ0) is 15.1. The molecule has 1 rings (SSSR count). The zero-order valence-corrected chi connectivity index (χ0v) is 10.0. The predicted octanol–water partition coefficient (Wildman–Crippen LogP) is 1.68. The normalized spacial score (nSPS) is 3.89. The Balaban J connectivity index is -0.0000000285. The topological polar surface area (TPSA) is 99.5 Å². The van der Waals surface area contributed by atoms with Crippen molar-refractivity contribution in [3.63, 3.8) is 0 Å². The third-order valence-corrected chi connectivity index (χ3v) is 0.843. The fourth-order valence-electron chi connectivity index (χ4n) is 0.478. The number of benzene rings is 1. The minimum Gasteiger partial charge on any atom is -0.199 e. The standard InChI is InChI=1S/C7H7.5CO.Co/c1-7-5-3-2-4-6-7;5*1-2;/h2-6H,1H2;;;;;;/q-1;;;;;;. The van der Waals surface area contributed by atoms with Gasteiger partial charge in [0.15, 0.2) is 0 Å². The summed E-state index contributed by atoms with van der Waals surface area (Å²) in [5, 5.41) is 0. The molecule has 1 aromatic carbocycles. The molecular formula is C12H7CoO5-. The van der Waals surface area contributed by atoms with Crippen molar-refractivity contribution in [2.24, 2.45) is 0 Å². The van der Waals surface area contributed by atoms with Crippen LogP contribution < -0.4 is 0 Å². The SMILES string of the molecule is [C-]#[O+].[C-]#[O+].[C-]#[O+].[C-]#[O+].[C-]#[O+].[CH2-]c1ccccc1.[Co]. The molecule has 0 N–H and O–H groups in total. The molecule has 0 saturated heterocycles. The predicted molar refractivity (Wildman–Crippen MR) is 50.5 cm³/mol. The van der Waals surface area contributed by atoms with Gasteiger partial charge in [-0.15, -0.1) is 12.1 Å². The average Bonchev–Trinajstić information content (AvgIpc) is 2.50. The van der Waals surface area contributed by atoms with Gasteiger partial charge in [0.1, 0.15) is 0 Å². The molecule has 1 aromatic rings. The molecule has 0 aliphatic heterocycles. The first-order valence-corrected chi connectivity index (χ1v) is 3.28. The monoisotopic (exact) mass is 290 g/mol. The summed E-state index contributed by atoms with van der Waals surface area (Å²) in [6.45, 7) is 26.2. The number of rotatable bonds is 0. The summed E-state index contributed by atoms with van der Waals surface area (Å²) in [7, 11) is 0. The van der Waals surface area contributed by atoms with Crippen molar-refractivity contribution in [2.75, 3.05) is 0 Å². The van der Waals surface area contributed by atoms with Crippen LogP contribution in [0.2, 0.25) is 0 Å². The fourth-order valence-corrected chi connectivity index (χ4v) is 0.478. The van der Waals surface area contributed by atoms with Crippen LogP contribution in [0.5, 0.6) is 0 Å². The maximum absolute atomic E-state index is 7.50. The maximum atomic E-state index is 7.50. The molecule has 5 nitrogen and oxygen atoms in total. The van der Waals surface area contributed by atoms with Gasteiger partial charge in [-0.2, -0.15) is 24.6 Å². The molecule has 0 unspecified atom stereocenters. The van der Waals surface area contributed by atoms with E-state index < -0.39 is 0 Å². The molecule has 0 atom stereocenters. The molecule has 0 amide bonds. The molecule has 1 radical (unpaired) electrons. The van der Waals surface area contributed by atoms with Crippen molar-refractivity contribution < 1.29 is 40.0 Å². The Bertz CT molecular complexity index is 276.